The van der Waals surface area contributed by atoms with E-state index in [9.17, 15) is 4.79 Å². The van der Waals surface area contributed by atoms with Crippen LogP contribution in [0.25, 0.3) is 0 Å². The van der Waals surface area contributed by atoms with Crippen LogP contribution in [0, 0.1) is 5.92 Å². The van der Waals surface area contributed by atoms with Crippen LogP contribution in [0.4, 0.5) is 0 Å². The van der Waals surface area contributed by atoms with E-state index in [-0.39, 0.29) is 5.92 Å². The molecule has 0 spiro atoms. The Bertz CT molecular complexity index is 448. The molecule has 0 saturated carbocycles. The maximum atomic E-state index is 12.6. The summed E-state index contributed by atoms with van der Waals surface area (Å²) in [5.41, 5.74) is 0.966. The molecule has 1 aromatic heterocycles. The standard InChI is InChI=1S/C15H21N3O/c1-2-18(10-12-5-3-4-8-16-12)15(19)13-9-11-6-7-14(13)17-11/h3-5,8,11,13-14,17H,2,6-7,9-10H2,1H3. The summed E-state index contributed by atoms with van der Waals surface area (Å²) in [6.07, 6.45) is 5.19. The van der Waals surface area contributed by atoms with E-state index in [1.807, 2.05) is 30.0 Å². The molecule has 1 N–H and O–H groups in total. The van der Waals surface area contributed by atoms with Gasteiger partial charge in [0.05, 0.1) is 18.2 Å². The third-order valence-corrected chi connectivity index (χ3v) is 4.39. The van der Waals surface area contributed by atoms with Crippen LogP contribution in [-0.2, 0) is 11.3 Å². The molecule has 19 heavy (non-hydrogen) atoms. The largest absolute Gasteiger partial charge is 0.337 e. The molecule has 4 heteroatoms. The normalized spacial score (nSPS) is 28.6. The van der Waals surface area contributed by atoms with Gasteiger partial charge in [-0.3, -0.25) is 9.78 Å². The molecular weight excluding hydrogens is 238 g/mol. The number of carbonyl (C=O) groups is 1. The number of hydrogen-bond acceptors (Lipinski definition) is 3. The zero-order valence-corrected chi connectivity index (χ0v) is 11.4. The highest BCUT2D eigenvalue weighted by Gasteiger charge is 2.43. The van der Waals surface area contributed by atoms with Gasteiger partial charge in [0.2, 0.25) is 5.91 Å². The predicted molar refractivity (Wildman–Crippen MR) is 73.4 cm³/mol. The Labute approximate surface area is 114 Å². The Hall–Kier alpha value is -1.42. The monoisotopic (exact) mass is 259 g/mol. The number of nitrogens with zero attached hydrogens (tertiary/aromatic N) is 2. The fraction of sp³-hybridized carbons (Fsp3) is 0.600. The van der Waals surface area contributed by atoms with E-state index in [4.69, 9.17) is 0 Å². The van der Waals surface area contributed by atoms with Crippen LogP contribution in [0.1, 0.15) is 31.9 Å². The summed E-state index contributed by atoms with van der Waals surface area (Å²) < 4.78 is 0. The maximum Gasteiger partial charge on any atom is 0.227 e. The van der Waals surface area contributed by atoms with Crippen molar-refractivity contribution < 1.29 is 4.79 Å². The molecule has 1 amide bonds. The average Bonchev–Trinajstić information content (AvgIpc) is 3.08. The van der Waals surface area contributed by atoms with Crippen LogP contribution in [-0.4, -0.2) is 34.4 Å². The molecule has 102 valence electrons. The van der Waals surface area contributed by atoms with Crippen LogP contribution in [0.2, 0.25) is 0 Å². The van der Waals surface area contributed by atoms with Gasteiger partial charge >= 0.3 is 0 Å². The van der Waals surface area contributed by atoms with Crippen molar-refractivity contribution in [1.29, 1.82) is 0 Å². The lowest BCUT2D eigenvalue weighted by molar-refractivity contribution is -0.136. The zero-order chi connectivity index (χ0) is 13.2. The van der Waals surface area contributed by atoms with E-state index in [1.165, 1.54) is 6.42 Å². The Balaban J connectivity index is 1.67. The van der Waals surface area contributed by atoms with Gasteiger partial charge in [0.25, 0.3) is 0 Å². The minimum atomic E-state index is 0.183. The Morgan fingerprint density at radius 3 is 2.95 bits per heavy atom. The minimum Gasteiger partial charge on any atom is -0.337 e. The summed E-state index contributed by atoms with van der Waals surface area (Å²) in [5, 5.41) is 3.54. The fourth-order valence-corrected chi connectivity index (χ4v) is 3.36. The van der Waals surface area contributed by atoms with Gasteiger partial charge in [0.1, 0.15) is 0 Å². The molecule has 2 bridgehead atoms. The number of rotatable bonds is 4. The Kier molecular flexibility index (Phi) is 3.51. The van der Waals surface area contributed by atoms with E-state index in [2.05, 4.69) is 10.3 Å². The van der Waals surface area contributed by atoms with Crippen LogP contribution in [0.5, 0.6) is 0 Å². The molecule has 4 nitrogen and oxygen atoms in total. The summed E-state index contributed by atoms with van der Waals surface area (Å²) >= 11 is 0. The first-order valence-electron chi connectivity index (χ1n) is 7.22. The number of amides is 1. The molecule has 0 aliphatic carbocycles. The van der Waals surface area contributed by atoms with E-state index >= 15 is 0 Å². The Morgan fingerprint density at radius 1 is 1.47 bits per heavy atom. The lowest BCUT2D eigenvalue weighted by Gasteiger charge is -2.27. The van der Waals surface area contributed by atoms with Gasteiger partial charge in [-0.05, 0) is 38.3 Å². The lowest BCUT2D eigenvalue weighted by Crippen LogP contribution is -2.40. The van der Waals surface area contributed by atoms with Crippen molar-refractivity contribution in [2.75, 3.05) is 6.54 Å². The highest BCUT2D eigenvalue weighted by molar-refractivity contribution is 5.80. The molecule has 0 aromatic carbocycles. The molecular formula is C15H21N3O. The SMILES string of the molecule is CCN(Cc1ccccn1)C(=O)C1CC2CCC1N2. The van der Waals surface area contributed by atoms with Crippen LogP contribution >= 0.6 is 0 Å². The Morgan fingerprint density at radius 2 is 2.37 bits per heavy atom. The summed E-state index contributed by atoms with van der Waals surface area (Å²) in [6.45, 7) is 3.43. The van der Waals surface area contributed by atoms with E-state index < -0.39 is 0 Å². The summed E-state index contributed by atoms with van der Waals surface area (Å²) in [5.74, 6) is 0.482. The lowest BCUT2D eigenvalue weighted by atomic mass is 9.88. The molecule has 2 aliphatic heterocycles. The molecule has 3 rings (SSSR count). The highest BCUT2D eigenvalue weighted by Crippen LogP contribution is 2.34. The number of aromatic nitrogens is 1. The predicted octanol–water partition coefficient (Wildman–Crippen LogP) is 1.57. The molecule has 3 atom stereocenters. The van der Waals surface area contributed by atoms with Crippen molar-refractivity contribution in [2.45, 2.75) is 44.8 Å². The number of fused-ring (bicyclic) bond motifs is 2. The molecule has 0 radical (unpaired) electrons. The topological polar surface area (TPSA) is 45.2 Å². The average molecular weight is 259 g/mol. The number of carbonyl (C=O) groups excluding carboxylic acids is 1. The second-order valence-electron chi connectivity index (χ2n) is 5.56. The van der Waals surface area contributed by atoms with Gasteiger partial charge in [-0.1, -0.05) is 6.07 Å². The van der Waals surface area contributed by atoms with Crippen molar-refractivity contribution >= 4 is 5.91 Å². The molecule has 2 aliphatic rings. The second kappa shape index (κ2) is 5.29. The van der Waals surface area contributed by atoms with E-state index in [1.54, 1.807) is 6.20 Å². The summed E-state index contributed by atoms with van der Waals surface area (Å²) in [6, 6.07) is 6.85. The van der Waals surface area contributed by atoms with Crippen molar-refractivity contribution in [2.24, 2.45) is 5.92 Å². The summed E-state index contributed by atoms with van der Waals surface area (Å²) in [7, 11) is 0. The number of nitrogens with one attached hydrogen (secondary N) is 1. The quantitative estimate of drug-likeness (QED) is 0.892. The van der Waals surface area contributed by atoms with Crippen LogP contribution in [0.15, 0.2) is 24.4 Å². The van der Waals surface area contributed by atoms with Crippen molar-refractivity contribution in [3.05, 3.63) is 30.1 Å². The van der Waals surface area contributed by atoms with Gasteiger partial charge in [0.15, 0.2) is 0 Å². The number of pyridine rings is 1. The van der Waals surface area contributed by atoms with Gasteiger partial charge in [-0.15, -0.1) is 0 Å². The molecule has 2 saturated heterocycles. The molecule has 3 unspecified atom stereocenters. The fourth-order valence-electron chi connectivity index (χ4n) is 3.36. The maximum absolute atomic E-state index is 12.6. The van der Waals surface area contributed by atoms with Gasteiger partial charge in [0, 0.05) is 24.8 Å². The first-order chi connectivity index (χ1) is 9.28. The van der Waals surface area contributed by atoms with Crippen LogP contribution < -0.4 is 5.32 Å². The third-order valence-electron chi connectivity index (χ3n) is 4.39. The highest BCUT2D eigenvalue weighted by atomic mass is 16.2. The van der Waals surface area contributed by atoms with E-state index in [0.29, 0.717) is 24.5 Å². The van der Waals surface area contributed by atoms with Crippen molar-refractivity contribution in [3.63, 3.8) is 0 Å². The van der Waals surface area contributed by atoms with Crippen molar-refractivity contribution in [1.82, 2.24) is 15.2 Å². The minimum absolute atomic E-state index is 0.183. The van der Waals surface area contributed by atoms with Crippen LogP contribution in [0.3, 0.4) is 0 Å². The smallest absolute Gasteiger partial charge is 0.227 e. The van der Waals surface area contributed by atoms with Gasteiger partial charge in [-0.2, -0.15) is 0 Å². The van der Waals surface area contributed by atoms with Crippen molar-refractivity contribution in [3.8, 4) is 0 Å². The third kappa shape index (κ3) is 2.50. The second-order valence-corrected chi connectivity index (χ2v) is 5.56. The summed E-state index contributed by atoms with van der Waals surface area (Å²) in [4.78, 5) is 18.9. The van der Waals surface area contributed by atoms with Gasteiger partial charge in [-0.25, -0.2) is 0 Å². The van der Waals surface area contributed by atoms with Gasteiger partial charge < -0.3 is 10.2 Å². The number of hydrogen-bond donors (Lipinski definition) is 1. The molecule has 2 fully saturated rings. The first kappa shape index (κ1) is 12.6. The van der Waals surface area contributed by atoms with E-state index in [0.717, 1.165) is 25.1 Å². The molecule has 3 heterocycles. The molecule has 1 aromatic rings. The first-order valence-corrected chi connectivity index (χ1v) is 7.22. The zero-order valence-electron chi connectivity index (χ0n) is 11.4.